The first kappa shape index (κ1) is 11.7. The van der Waals surface area contributed by atoms with Crippen LogP contribution >= 0.6 is 11.6 Å². The molecule has 0 spiro atoms. The van der Waals surface area contributed by atoms with Gasteiger partial charge in [0.15, 0.2) is 11.0 Å². The molecule has 4 nitrogen and oxygen atoms in total. The van der Waals surface area contributed by atoms with Crippen molar-refractivity contribution >= 4 is 28.5 Å². The number of hydrogen-bond acceptors (Lipinski definition) is 4. The molecule has 0 bridgehead atoms. The molecule has 1 saturated heterocycles. The van der Waals surface area contributed by atoms with E-state index < -0.39 is 0 Å². The summed E-state index contributed by atoms with van der Waals surface area (Å²) in [7, 11) is 0. The molecule has 1 atom stereocenters. The van der Waals surface area contributed by atoms with E-state index in [1.165, 1.54) is 0 Å². The smallest absolute Gasteiger partial charge is 0.172 e. The van der Waals surface area contributed by atoms with E-state index in [-0.39, 0.29) is 0 Å². The monoisotopic (exact) mass is 262 g/mol. The maximum absolute atomic E-state index is 6.27. The van der Waals surface area contributed by atoms with E-state index in [9.17, 15) is 0 Å². The van der Waals surface area contributed by atoms with Crippen LogP contribution in [0.15, 0.2) is 24.3 Å². The summed E-state index contributed by atoms with van der Waals surface area (Å²) in [5.41, 5.74) is 1.73. The van der Waals surface area contributed by atoms with Gasteiger partial charge < -0.3 is 10.2 Å². The molecule has 2 heterocycles. The van der Waals surface area contributed by atoms with E-state index in [0.29, 0.717) is 11.2 Å². The van der Waals surface area contributed by atoms with Crippen LogP contribution in [0.25, 0.3) is 11.0 Å². The van der Waals surface area contributed by atoms with Crippen LogP contribution in [0.1, 0.15) is 6.92 Å². The van der Waals surface area contributed by atoms with Gasteiger partial charge in [-0.25, -0.2) is 9.97 Å². The van der Waals surface area contributed by atoms with Crippen molar-refractivity contribution in [2.24, 2.45) is 0 Å². The van der Waals surface area contributed by atoms with E-state index in [1.807, 2.05) is 24.3 Å². The van der Waals surface area contributed by atoms with Gasteiger partial charge in [-0.2, -0.15) is 0 Å². The molecule has 0 radical (unpaired) electrons. The molecule has 0 amide bonds. The maximum Gasteiger partial charge on any atom is 0.172 e. The predicted octanol–water partition coefficient (Wildman–Crippen LogP) is 2.08. The molecule has 1 aliphatic rings. The van der Waals surface area contributed by atoms with Crippen molar-refractivity contribution < 1.29 is 0 Å². The fraction of sp³-hybridized carbons (Fsp3) is 0.385. The molecule has 0 saturated carbocycles. The molecule has 1 aromatic carbocycles. The Morgan fingerprint density at radius 1 is 1.28 bits per heavy atom. The first-order valence-electron chi connectivity index (χ1n) is 6.15. The Labute approximate surface area is 111 Å². The Balaban J connectivity index is 2.07. The number of hydrogen-bond donors (Lipinski definition) is 1. The van der Waals surface area contributed by atoms with Crippen molar-refractivity contribution in [1.29, 1.82) is 0 Å². The number of piperazine rings is 1. The van der Waals surface area contributed by atoms with E-state index in [0.717, 1.165) is 36.5 Å². The standard InChI is InChI=1S/C13H15ClN4/c1-9-8-15-6-7-18(9)13-12(14)16-10-4-2-3-5-11(10)17-13/h2-5,9,15H,6-8H2,1H3/t9-/m1/s1. The fourth-order valence-corrected chi connectivity index (χ4v) is 2.55. The van der Waals surface area contributed by atoms with Crippen LogP contribution in [0, 0.1) is 0 Å². The van der Waals surface area contributed by atoms with Crippen molar-refractivity contribution in [3.63, 3.8) is 0 Å². The van der Waals surface area contributed by atoms with Crippen LogP contribution < -0.4 is 10.2 Å². The zero-order valence-corrected chi connectivity index (χ0v) is 11.0. The van der Waals surface area contributed by atoms with Gasteiger partial charge >= 0.3 is 0 Å². The van der Waals surface area contributed by atoms with E-state index in [2.05, 4.69) is 27.1 Å². The van der Waals surface area contributed by atoms with Gasteiger partial charge in [0.1, 0.15) is 0 Å². The third kappa shape index (κ3) is 2.02. The lowest BCUT2D eigenvalue weighted by atomic mass is 10.2. The number of fused-ring (bicyclic) bond motifs is 1. The van der Waals surface area contributed by atoms with Crippen LogP contribution in [-0.4, -0.2) is 35.6 Å². The summed E-state index contributed by atoms with van der Waals surface area (Å²) in [6.07, 6.45) is 0. The minimum Gasteiger partial charge on any atom is -0.349 e. The zero-order chi connectivity index (χ0) is 12.5. The topological polar surface area (TPSA) is 41.0 Å². The number of para-hydroxylation sites is 2. The first-order chi connectivity index (χ1) is 8.75. The second-order valence-corrected chi connectivity index (χ2v) is 4.93. The molecule has 1 N–H and O–H groups in total. The van der Waals surface area contributed by atoms with Crippen molar-refractivity contribution in [3.05, 3.63) is 29.4 Å². The Morgan fingerprint density at radius 2 is 2.00 bits per heavy atom. The average Bonchev–Trinajstić information content (AvgIpc) is 2.39. The van der Waals surface area contributed by atoms with Crippen molar-refractivity contribution in [2.75, 3.05) is 24.5 Å². The van der Waals surface area contributed by atoms with E-state index >= 15 is 0 Å². The van der Waals surface area contributed by atoms with Gasteiger partial charge in [-0.15, -0.1) is 0 Å². The summed E-state index contributed by atoms with van der Waals surface area (Å²) in [6.45, 7) is 4.98. The Hall–Kier alpha value is -1.39. The molecule has 2 aromatic rings. The van der Waals surface area contributed by atoms with E-state index in [4.69, 9.17) is 11.6 Å². The largest absolute Gasteiger partial charge is 0.349 e. The molecule has 1 fully saturated rings. The number of nitrogens with one attached hydrogen (secondary N) is 1. The van der Waals surface area contributed by atoms with Crippen molar-refractivity contribution in [2.45, 2.75) is 13.0 Å². The van der Waals surface area contributed by atoms with Crippen molar-refractivity contribution in [3.8, 4) is 0 Å². The van der Waals surface area contributed by atoms with Crippen LogP contribution in [-0.2, 0) is 0 Å². The highest BCUT2D eigenvalue weighted by molar-refractivity contribution is 6.32. The Morgan fingerprint density at radius 3 is 2.72 bits per heavy atom. The second kappa shape index (κ2) is 4.71. The summed E-state index contributed by atoms with van der Waals surface area (Å²) in [4.78, 5) is 11.3. The summed E-state index contributed by atoms with van der Waals surface area (Å²) >= 11 is 6.27. The zero-order valence-electron chi connectivity index (χ0n) is 10.2. The molecular formula is C13H15ClN4. The number of aromatic nitrogens is 2. The minimum atomic E-state index is 0.381. The number of anilines is 1. The summed E-state index contributed by atoms with van der Waals surface area (Å²) < 4.78 is 0. The highest BCUT2D eigenvalue weighted by Crippen LogP contribution is 2.26. The van der Waals surface area contributed by atoms with Gasteiger partial charge in [0, 0.05) is 25.7 Å². The summed E-state index contributed by atoms with van der Waals surface area (Å²) in [6, 6.07) is 8.19. The number of benzene rings is 1. The third-order valence-corrected chi connectivity index (χ3v) is 3.54. The van der Waals surface area contributed by atoms with Gasteiger partial charge in [-0.1, -0.05) is 23.7 Å². The number of rotatable bonds is 1. The Kier molecular flexibility index (Phi) is 3.06. The van der Waals surface area contributed by atoms with E-state index in [1.54, 1.807) is 0 Å². The number of halogens is 1. The lowest BCUT2D eigenvalue weighted by molar-refractivity contribution is 0.497. The predicted molar refractivity (Wildman–Crippen MR) is 74.2 cm³/mol. The minimum absolute atomic E-state index is 0.381. The molecule has 1 aliphatic heterocycles. The normalized spacial score (nSPS) is 20.3. The van der Waals surface area contributed by atoms with Crippen LogP contribution in [0.3, 0.4) is 0 Å². The SMILES string of the molecule is C[C@@H]1CNCCN1c1nc2ccccc2nc1Cl. The third-order valence-electron chi connectivity index (χ3n) is 3.28. The molecule has 5 heteroatoms. The lowest BCUT2D eigenvalue weighted by Gasteiger charge is -2.35. The average molecular weight is 263 g/mol. The van der Waals surface area contributed by atoms with Gasteiger partial charge in [0.2, 0.25) is 0 Å². The molecular weight excluding hydrogens is 248 g/mol. The molecule has 18 heavy (non-hydrogen) atoms. The first-order valence-corrected chi connectivity index (χ1v) is 6.53. The quantitative estimate of drug-likeness (QED) is 0.854. The second-order valence-electron chi connectivity index (χ2n) is 4.57. The van der Waals surface area contributed by atoms with Gasteiger partial charge in [-0.3, -0.25) is 0 Å². The summed E-state index contributed by atoms with van der Waals surface area (Å²) in [5.74, 6) is 0.796. The maximum atomic E-state index is 6.27. The molecule has 1 aromatic heterocycles. The molecule has 94 valence electrons. The fourth-order valence-electron chi connectivity index (χ4n) is 2.31. The van der Waals surface area contributed by atoms with Gasteiger partial charge in [-0.05, 0) is 19.1 Å². The Bertz CT molecular complexity index is 572. The molecule has 0 unspecified atom stereocenters. The highest BCUT2D eigenvalue weighted by atomic mass is 35.5. The van der Waals surface area contributed by atoms with Gasteiger partial charge in [0.25, 0.3) is 0 Å². The number of nitrogens with zero attached hydrogens (tertiary/aromatic N) is 3. The molecule has 0 aliphatic carbocycles. The lowest BCUT2D eigenvalue weighted by Crippen LogP contribution is -2.50. The van der Waals surface area contributed by atoms with Gasteiger partial charge in [0.05, 0.1) is 11.0 Å². The van der Waals surface area contributed by atoms with Crippen molar-refractivity contribution in [1.82, 2.24) is 15.3 Å². The summed E-state index contributed by atoms with van der Waals surface area (Å²) in [5, 5.41) is 3.85. The molecule has 3 rings (SSSR count). The van der Waals surface area contributed by atoms with Crippen LogP contribution in [0.2, 0.25) is 5.15 Å². The van der Waals surface area contributed by atoms with Crippen LogP contribution in [0.5, 0.6) is 0 Å². The van der Waals surface area contributed by atoms with Crippen LogP contribution in [0.4, 0.5) is 5.82 Å². The highest BCUT2D eigenvalue weighted by Gasteiger charge is 2.22.